The first-order valence-corrected chi connectivity index (χ1v) is 7.06. The third-order valence-electron chi connectivity index (χ3n) is 3.58. The smallest absolute Gasteiger partial charge is 0.258 e. The molecule has 112 valence electrons. The highest BCUT2D eigenvalue weighted by Gasteiger charge is 2.11. The molecule has 0 radical (unpaired) electrons. The number of nitrogens with one attached hydrogen (secondary N) is 2. The molecule has 0 aliphatic rings. The average molecular weight is 297 g/mol. The van der Waals surface area contributed by atoms with E-state index in [0.717, 1.165) is 5.69 Å². The first-order chi connectivity index (χ1) is 10.5. The van der Waals surface area contributed by atoms with Gasteiger partial charge < -0.3 is 10.3 Å². The molecule has 0 fully saturated rings. The number of aryl methyl sites for hydroxylation is 1. The van der Waals surface area contributed by atoms with Gasteiger partial charge in [-0.3, -0.25) is 4.79 Å². The first kappa shape index (κ1) is 14.3. The summed E-state index contributed by atoms with van der Waals surface area (Å²) in [5.74, 6) is 0.307. The summed E-state index contributed by atoms with van der Waals surface area (Å²) < 4.78 is 13.3. The maximum atomic E-state index is 13.3. The van der Waals surface area contributed by atoms with Crippen molar-refractivity contribution in [3.05, 3.63) is 70.0 Å². The Morgan fingerprint density at radius 3 is 2.77 bits per heavy atom. The van der Waals surface area contributed by atoms with E-state index in [-0.39, 0.29) is 17.4 Å². The molecule has 0 aliphatic heterocycles. The summed E-state index contributed by atoms with van der Waals surface area (Å²) >= 11 is 0. The molecule has 0 saturated carbocycles. The number of fused-ring (bicyclic) bond motifs is 1. The number of hydrogen-bond acceptors (Lipinski definition) is 3. The molecule has 5 heteroatoms. The highest BCUT2D eigenvalue weighted by molar-refractivity contribution is 5.77. The minimum absolute atomic E-state index is 0.162. The van der Waals surface area contributed by atoms with Gasteiger partial charge in [0.05, 0.1) is 16.9 Å². The van der Waals surface area contributed by atoms with Crippen molar-refractivity contribution in [1.82, 2.24) is 9.97 Å². The van der Waals surface area contributed by atoms with Crippen molar-refractivity contribution in [2.24, 2.45) is 0 Å². The lowest BCUT2D eigenvalue weighted by atomic mass is 10.2. The predicted molar refractivity (Wildman–Crippen MR) is 85.5 cm³/mol. The van der Waals surface area contributed by atoms with E-state index in [1.807, 2.05) is 25.1 Å². The van der Waals surface area contributed by atoms with Crippen LogP contribution in [0.2, 0.25) is 0 Å². The van der Waals surface area contributed by atoms with E-state index in [1.54, 1.807) is 25.1 Å². The maximum Gasteiger partial charge on any atom is 0.258 e. The van der Waals surface area contributed by atoms with E-state index < -0.39 is 0 Å². The van der Waals surface area contributed by atoms with Crippen LogP contribution in [0, 0.1) is 12.7 Å². The number of halogens is 1. The largest absolute Gasteiger partial charge is 0.375 e. The molecule has 0 bridgehead atoms. The van der Waals surface area contributed by atoms with Crippen LogP contribution in [0.3, 0.4) is 0 Å². The van der Waals surface area contributed by atoms with Crippen LogP contribution in [0.1, 0.15) is 24.4 Å². The molecule has 3 rings (SSSR count). The molecule has 0 saturated heterocycles. The normalized spacial score (nSPS) is 12.3. The van der Waals surface area contributed by atoms with E-state index in [2.05, 4.69) is 15.3 Å². The lowest BCUT2D eigenvalue weighted by Crippen LogP contribution is -2.17. The van der Waals surface area contributed by atoms with Crippen LogP contribution in [0.4, 0.5) is 10.1 Å². The lowest BCUT2D eigenvalue weighted by Gasteiger charge is -2.15. The van der Waals surface area contributed by atoms with Crippen LogP contribution in [0.5, 0.6) is 0 Å². The molecule has 1 aromatic heterocycles. The van der Waals surface area contributed by atoms with Gasteiger partial charge in [-0.15, -0.1) is 0 Å². The Labute approximate surface area is 127 Å². The molecule has 1 unspecified atom stereocenters. The molecule has 1 atom stereocenters. The quantitative estimate of drug-likeness (QED) is 0.777. The van der Waals surface area contributed by atoms with Crippen LogP contribution >= 0.6 is 0 Å². The van der Waals surface area contributed by atoms with E-state index in [1.165, 1.54) is 6.07 Å². The van der Waals surface area contributed by atoms with Crippen LogP contribution in [-0.4, -0.2) is 9.97 Å². The molecule has 3 aromatic rings. The third-order valence-corrected chi connectivity index (χ3v) is 3.58. The monoisotopic (exact) mass is 297 g/mol. The van der Waals surface area contributed by atoms with Gasteiger partial charge in [0, 0.05) is 5.69 Å². The fourth-order valence-electron chi connectivity index (χ4n) is 2.36. The minimum atomic E-state index is -0.240. The van der Waals surface area contributed by atoms with Gasteiger partial charge in [-0.05, 0) is 49.7 Å². The topological polar surface area (TPSA) is 57.8 Å². The van der Waals surface area contributed by atoms with Crippen molar-refractivity contribution in [1.29, 1.82) is 0 Å². The van der Waals surface area contributed by atoms with Crippen molar-refractivity contribution in [2.45, 2.75) is 19.9 Å². The van der Waals surface area contributed by atoms with Gasteiger partial charge in [0.2, 0.25) is 0 Å². The van der Waals surface area contributed by atoms with Gasteiger partial charge in [0.25, 0.3) is 5.56 Å². The van der Waals surface area contributed by atoms with Crippen molar-refractivity contribution < 1.29 is 4.39 Å². The summed E-state index contributed by atoms with van der Waals surface area (Å²) in [5, 5.41) is 3.78. The summed E-state index contributed by atoms with van der Waals surface area (Å²) in [6, 6.07) is 11.8. The Bertz CT molecular complexity index is 888. The van der Waals surface area contributed by atoms with Gasteiger partial charge in [-0.25, -0.2) is 9.37 Å². The summed E-state index contributed by atoms with van der Waals surface area (Å²) in [5.41, 5.74) is 1.84. The van der Waals surface area contributed by atoms with E-state index >= 15 is 0 Å². The molecular weight excluding hydrogens is 281 g/mol. The SMILES string of the molecule is Cc1cc(NC(C)c2nc3ccccc3c(=O)[nH]2)ccc1F. The number of para-hydroxylation sites is 1. The number of H-pyrrole nitrogens is 1. The van der Waals surface area contributed by atoms with Gasteiger partial charge in [-0.1, -0.05) is 12.1 Å². The predicted octanol–water partition coefficient (Wildman–Crippen LogP) is 3.54. The van der Waals surface area contributed by atoms with Crippen LogP contribution in [-0.2, 0) is 0 Å². The zero-order chi connectivity index (χ0) is 15.7. The summed E-state index contributed by atoms with van der Waals surface area (Å²) in [6.07, 6.45) is 0. The fraction of sp³-hybridized carbons (Fsp3) is 0.176. The summed E-state index contributed by atoms with van der Waals surface area (Å²) in [7, 11) is 0. The fourth-order valence-corrected chi connectivity index (χ4v) is 2.36. The third kappa shape index (κ3) is 2.70. The molecule has 2 N–H and O–H groups in total. The van der Waals surface area contributed by atoms with Gasteiger partial charge >= 0.3 is 0 Å². The molecule has 4 nitrogen and oxygen atoms in total. The number of hydrogen-bond donors (Lipinski definition) is 2. The van der Waals surface area contributed by atoms with E-state index in [4.69, 9.17) is 0 Å². The highest BCUT2D eigenvalue weighted by Crippen LogP contribution is 2.19. The first-order valence-electron chi connectivity index (χ1n) is 7.06. The van der Waals surface area contributed by atoms with E-state index in [0.29, 0.717) is 22.3 Å². The zero-order valence-corrected chi connectivity index (χ0v) is 12.4. The molecule has 22 heavy (non-hydrogen) atoms. The van der Waals surface area contributed by atoms with Crippen molar-refractivity contribution in [3.8, 4) is 0 Å². The number of aromatic amines is 1. The van der Waals surface area contributed by atoms with Crippen molar-refractivity contribution >= 4 is 16.6 Å². The van der Waals surface area contributed by atoms with E-state index in [9.17, 15) is 9.18 Å². The maximum absolute atomic E-state index is 13.3. The second-order valence-electron chi connectivity index (χ2n) is 5.30. The molecule has 0 spiro atoms. The second kappa shape index (κ2) is 5.60. The van der Waals surface area contributed by atoms with Gasteiger partial charge in [0.1, 0.15) is 11.6 Å². The Balaban J connectivity index is 1.93. The molecule has 0 amide bonds. The average Bonchev–Trinajstić information content (AvgIpc) is 2.51. The summed E-state index contributed by atoms with van der Waals surface area (Å²) in [6.45, 7) is 3.60. The second-order valence-corrected chi connectivity index (χ2v) is 5.30. The van der Waals surface area contributed by atoms with Crippen LogP contribution < -0.4 is 10.9 Å². The Morgan fingerprint density at radius 1 is 1.23 bits per heavy atom. The Hall–Kier alpha value is -2.69. The lowest BCUT2D eigenvalue weighted by molar-refractivity contribution is 0.618. The number of rotatable bonds is 3. The van der Waals surface area contributed by atoms with Gasteiger partial charge in [0.15, 0.2) is 0 Å². The highest BCUT2D eigenvalue weighted by atomic mass is 19.1. The molecule has 1 heterocycles. The van der Waals surface area contributed by atoms with Crippen molar-refractivity contribution in [2.75, 3.05) is 5.32 Å². The number of benzene rings is 2. The molecule has 2 aromatic carbocycles. The summed E-state index contributed by atoms with van der Waals surface area (Å²) in [4.78, 5) is 19.4. The number of aromatic nitrogens is 2. The van der Waals surface area contributed by atoms with Crippen LogP contribution in [0.15, 0.2) is 47.3 Å². The zero-order valence-electron chi connectivity index (χ0n) is 12.4. The Kier molecular flexibility index (Phi) is 3.63. The Morgan fingerprint density at radius 2 is 2.00 bits per heavy atom. The number of anilines is 1. The number of nitrogens with zero attached hydrogens (tertiary/aromatic N) is 1. The van der Waals surface area contributed by atoms with Gasteiger partial charge in [-0.2, -0.15) is 0 Å². The standard InChI is InChI=1S/C17H16FN3O/c1-10-9-12(7-8-14(10)18)19-11(2)16-20-15-6-4-3-5-13(15)17(22)21-16/h3-9,11,19H,1-2H3,(H,20,21,22). The molecular formula is C17H16FN3O. The van der Waals surface area contributed by atoms with Crippen molar-refractivity contribution in [3.63, 3.8) is 0 Å². The van der Waals surface area contributed by atoms with Crippen LogP contribution in [0.25, 0.3) is 10.9 Å². The molecule has 0 aliphatic carbocycles. The minimum Gasteiger partial charge on any atom is -0.375 e.